The van der Waals surface area contributed by atoms with Crippen molar-refractivity contribution in [3.05, 3.63) is 59.2 Å². The number of aryl methyl sites for hydroxylation is 1. The highest BCUT2D eigenvalue weighted by atomic mass is 19.1. The highest BCUT2D eigenvalue weighted by molar-refractivity contribution is 5.95. The molecule has 6 heteroatoms. The molecule has 0 aromatic heterocycles. The summed E-state index contributed by atoms with van der Waals surface area (Å²) >= 11 is 0. The van der Waals surface area contributed by atoms with E-state index in [1.165, 1.54) is 13.0 Å². The molecular weight excluding hydrogens is 326 g/mol. The van der Waals surface area contributed by atoms with E-state index < -0.39 is 17.5 Å². The van der Waals surface area contributed by atoms with E-state index in [0.29, 0.717) is 11.8 Å². The molecule has 1 N–H and O–H groups in total. The summed E-state index contributed by atoms with van der Waals surface area (Å²) in [5.41, 5.74) is 2.67. The van der Waals surface area contributed by atoms with Crippen LogP contribution in [0.25, 0.3) is 0 Å². The van der Waals surface area contributed by atoms with Gasteiger partial charge in [0.1, 0.15) is 11.6 Å². The van der Waals surface area contributed by atoms with E-state index in [9.17, 15) is 18.4 Å². The molecule has 25 heavy (non-hydrogen) atoms. The van der Waals surface area contributed by atoms with E-state index in [1.54, 1.807) is 6.07 Å². The minimum absolute atomic E-state index is 0.00537. The number of benzene rings is 2. The monoisotopic (exact) mass is 346 g/mol. The lowest BCUT2D eigenvalue weighted by atomic mass is 10.1. The molecular formula is C19H20F2N2O2. The zero-order valence-electron chi connectivity index (χ0n) is 14.4. The number of nitrogens with zero attached hydrogens (tertiary/aromatic N) is 1. The normalized spacial score (nSPS) is 10.4. The van der Waals surface area contributed by atoms with Gasteiger partial charge in [-0.3, -0.25) is 9.59 Å². The number of nitrogens with one attached hydrogen (secondary N) is 1. The number of hydrogen-bond acceptors (Lipinski definition) is 2. The van der Waals surface area contributed by atoms with Crippen molar-refractivity contribution in [2.75, 3.05) is 16.8 Å². The largest absolute Gasteiger partial charge is 0.326 e. The lowest BCUT2D eigenvalue weighted by Gasteiger charge is -2.21. The zero-order chi connectivity index (χ0) is 18.6. The van der Waals surface area contributed by atoms with Crippen LogP contribution in [0.4, 0.5) is 20.2 Å². The van der Waals surface area contributed by atoms with E-state index in [4.69, 9.17) is 0 Å². The molecule has 0 aliphatic rings. The van der Waals surface area contributed by atoms with Crippen LogP contribution in [0, 0.1) is 25.5 Å². The number of carbonyl (C=O) groups is 2. The third-order valence-corrected chi connectivity index (χ3v) is 4.02. The van der Waals surface area contributed by atoms with E-state index in [2.05, 4.69) is 5.32 Å². The fourth-order valence-electron chi connectivity index (χ4n) is 2.46. The summed E-state index contributed by atoms with van der Waals surface area (Å²) in [5.74, 6) is -2.28. The molecule has 0 radical (unpaired) electrons. The van der Waals surface area contributed by atoms with Crippen LogP contribution in [0.3, 0.4) is 0 Å². The Hall–Kier alpha value is -2.76. The molecule has 2 rings (SSSR count). The van der Waals surface area contributed by atoms with Gasteiger partial charge in [-0.25, -0.2) is 8.78 Å². The van der Waals surface area contributed by atoms with Crippen LogP contribution >= 0.6 is 0 Å². The Morgan fingerprint density at radius 1 is 1.12 bits per heavy atom. The minimum atomic E-state index is -0.842. The quantitative estimate of drug-likeness (QED) is 0.891. The van der Waals surface area contributed by atoms with Gasteiger partial charge in [-0.1, -0.05) is 12.1 Å². The first-order chi connectivity index (χ1) is 11.8. The summed E-state index contributed by atoms with van der Waals surface area (Å²) < 4.78 is 26.9. The molecule has 2 aromatic rings. The third-order valence-electron chi connectivity index (χ3n) is 4.02. The Morgan fingerprint density at radius 3 is 2.48 bits per heavy atom. The third kappa shape index (κ3) is 4.62. The Labute approximate surface area is 145 Å². The number of hydrogen-bond donors (Lipinski definition) is 1. The maximum Gasteiger partial charge on any atom is 0.226 e. The molecule has 0 atom stereocenters. The molecule has 0 saturated heterocycles. The molecule has 0 heterocycles. The summed E-state index contributed by atoms with van der Waals surface area (Å²) in [4.78, 5) is 25.1. The van der Waals surface area contributed by atoms with Gasteiger partial charge in [-0.05, 0) is 43.2 Å². The van der Waals surface area contributed by atoms with E-state index in [-0.39, 0.29) is 24.6 Å². The van der Waals surface area contributed by atoms with Crippen LogP contribution < -0.4 is 10.2 Å². The van der Waals surface area contributed by atoms with Crippen molar-refractivity contribution in [1.82, 2.24) is 0 Å². The topological polar surface area (TPSA) is 49.4 Å². The maximum atomic E-state index is 13.9. The maximum absolute atomic E-state index is 13.9. The average molecular weight is 346 g/mol. The summed E-state index contributed by atoms with van der Waals surface area (Å²) in [7, 11) is 0. The number of halogens is 2. The number of anilines is 2. The van der Waals surface area contributed by atoms with Crippen molar-refractivity contribution in [3.8, 4) is 0 Å². The van der Waals surface area contributed by atoms with Gasteiger partial charge in [-0.15, -0.1) is 0 Å². The second-order valence-corrected chi connectivity index (χ2v) is 5.81. The molecule has 2 amide bonds. The van der Waals surface area contributed by atoms with Crippen LogP contribution in [0.2, 0.25) is 0 Å². The van der Waals surface area contributed by atoms with Crippen molar-refractivity contribution in [3.63, 3.8) is 0 Å². The lowest BCUT2D eigenvalue weighted by molar-refractivity contribution is -0.117. The predicted molar refractivity (Wildman–Crippen MR) is 93.5 cm³/mol. The Bertz CT molecular complexity index is 806. The second kappa shape index (κ2) is 7.88. The van der Waals surface area contributed by atoms with E-state index >= 15 is 0 Å². The van der Waals surface area contributed by atoms with Crippen LogP contribution in [-0.2, 0) is 9.59 Å². The van der Waals surface area contributed by atoms with E-state index in [0.717, 1.165) is 22.1 Å². The van der Waals surface area contributed by atoms with Crippen molar-refractivity contribution in [1.29, 1.82) is 0 Å². The van der Waals surface area contributed by atoms with Gasteiger partial charge in [0, 0.05) is 31.6 Å². The summed E-state index contributed by atoms with van der Waals surface area (Å²) in [6.45, 7) is 5.11. The molecule has 2 aromatic carbocycles. The summed E-state index contributed by atoms with van der Waals surface area (Å²) in [6.07, 6.45) is -0.0101. The molecule has 0 aliphatic carbocycles. The van der Waals surface area contributed by atoms with Gasteiger partial charge < -0.3 is 10.2 Å². The van der Waals surface area contributed by atoms with Gasteiger partial charge >= 0.3 is 0 Å². The second-order valence-electron chi connectivity index (χ2n) is 5.81. The van der Waals surface area contributed by atoms with Gasteiger partial charge in [0.25, 0.3) is 0 Å². The SMILES string of the molecule is CC(=O)N(CCC(=O)Nc1cccc(C)c1C)c1ccc(F)cc1F. The van der Waals surface area contributed by atoms with Crippen molar-refractivity contribution >= 4 is 23.2 Å². The lowest BCUT2D eigenvalue weighted by Crippen LogP contribution is -2.32. The first-order valence-electron chi connectivity index (χ1n) is 7.89. The fourth-order valence-corrected chi connectivity index (χ4v) is 2.46. The number of rotatable bonds is 5. The van der Waals surface area contributed by atoms with Gasteiger partial charge in [0.2, 0.25) is 11.8 Å². The Balaban J connectivity index is 2.07. The zero-order valence-corrected chi connectivity index (χ0v) is 14.4. The standard InChI is InChI=1S/C19H20F2N2O2/c1-12-5-4-6-17(13(12)2)22-19(25)9-10-23(14(3)24)18-8-7-15(20)11-16(18)21/h4-8,11H,9-10H2,1-3H3,(H,22,25). The van der Waals surface area contributed by atoms with Crippen LogP contribution in [0.1, 0.15) is 24.5 Å². The van der Waals surface area contributed by atoms with Gasteiger partial charge in [-0.2, -0.15) is 0 Å². The van der Waals surface area contributed by atoms with Gasteiger partial charge in [0.05, 0.1) is 5.69 Å². The Morgan fingerprint density at radius 2 is 1.84 bits per heavy atom. The first kappa shape index (κ1) is 18.6. The van der Waals surface area contributed by atoms with Crippen LogP contribution in [-0.4, -0.2) is 18.4 Å². The molecule has 0 spiro atoms. The molecule has 0 fully saturated rings. The molecule has 132 valence electrons. The highest BCUT2D eigenvalue weighted by Crippen LogP contribution is 2.21. The van der Waals surface area contributed by atoms with Crippen molar-refractivity contribution in [2.45, 2.75) is 27.2 Å². The minimum Gasteiger partial charge on any atom is -0.326 e. The van der Waals surface area contributed by atoms with Gasteiger partial charge in [0.15, 0.2) is 0 Å². The molecule has 0 bridgehead atoms. The van der Waals surface area contributed by atoms with Crippen molar-refractivity contribution in [2.24, 2.45) is 0 Å². The molecule has 4 nitrogen and oxygen atoms in total. The number of carbonyl (C=O) groups excluding carboxylic acids is 2. The predicted octanol–water partition coefficient (Wildman–Crippen LogP) is 3.96. The Kier molecular flexibility index (Phi) is 5.85. The number of amides is 2. The molecule has 0 aliphatic heterocycles. The smallest absolute Gasteiger partial charge is 0.226 e. The van der Waals surface area contributed by atoms with Crippen LogP contribution in [0.15, 0.2) is 36.4 Å². The fraction of sp³-hybridized carbons (Fsp3) is 0.263. The molecule has 0 unspecified atom stereocenters. The molecule has 0 saturated carbocycles. The highest BCUT2D eigenvalue weighted by Gasteiger charge is 2.18. The van der Waals surface area contributed by atoms with Crippen LogP contribution in [0.5, 0.6) is 0 Å². The first-order valence-corrected chi connectivity index (χ1v) is 7.89. The van der Waals surface area contributed by atoms with E-state index in [1.807, 2.05) is 26.0 Å². The average Bonchev–Trinajstić information content (AvgIpc) is 2.53. The summed E-state index contributed by atoms with van der Waals surface area (Å²) in [6, 6.07) is 8.55. The van der Waals surface area contributed by atoms with Crippen molar-refractivity contribution < 1.29 is 18.4 Å². The summed E-state index contributed by atoms with van der Waals surface area (Å²) in [5, 5.41) is 2.79.